The number of carbonyl (C=O) groups is 1. The van der Waals surface area contributed by atoms with Crippen molar-refractivity contribution in [2.24, 2.45) is 0 Å². The standard InChI is InChI=1S/C11H19N3O2S/c1-4-9-12-5-8(14-9)10(15)13-6-11(2,16)7-17-3/h5,16H,4,6-7H2,1-3H3,(H,12,14)(H,13,15). The van der Waals surface area contributed by atoms with E-state index in [1.807, 2.05) is 13.2 Å². The zero-order valence-electron chi connectivity index (χ0n) is 10.4. The second kappa shape index (κ2) is 6.07. The Kier molecular flexibility index (Phi) is 5.02. The minimum Gasteiger partial charge on any atom is -0.387 e. The maximum atomic E-state index is 11.7. The number of H-pyrrole nitrogens is 1. The third kappa shape index (κ3) is 4.40. The van der Waals surface area contributed by atoms with E-state index < -0.39 is 5.60 Å². The Morgan fingerprint density at radius 3 is 2.94 bits per heavy atom. The molecule has 1 aromatic rings. The second-order valence-corrected chi connectivity index (χ2v) is 5.08. The molecule has 0 aliphatic heterocycles. The molecule has 0 radical (unpaired) electrons. The lowest BCUT2D eigenvalue weighted by molar-refractivity contribution is 0.0722. The molecule has 0 bridgehead atoms. The van der Waals surface area contributed by atoms with Crippen LogP contribution in [0.5, 0.6) is 0 Å². The molecular weight excluding hydrogens is 238 g/mol. The van der Waals surface area contributed by atoms with Gasteiger partial charge in [-0.2, -0.15) is 11.8 Å². The lowest BCUT2D eigenvalue weighted by atomic mass is 10.1. The van der Waals surface area contributed by atoms with Crippen LogP contribution in [0.15, 0.2) is 6.20 Å². The second-order valence-electron chi connectivity index (χ2n) is 4.21. The molecule has 3 N–H and O–H groups in total. The van der Waals surface area contributed by atoms with Gasteiger partial charge in [0, 0.05) is 18.7 Å². The molecule has 96 valence electrons. The van der Waals surface area contributed by atoms with Gasteiger partial charge in [-0.15, -0.1) is 0 Å². The fourth-order valence-corrected chi connectivity index (χ4v) is 2.11. The molecule has 0 saturated carbocycles. The zero-order chi connectivity index (χ0) is 12.9. The first-order valence-electron chi connectivity index (χ1n) is 5.52. The Morgan fingerprint density at radius 2 is 2.41 bits per heavy atom. The van der Waals surface area contributed by atoms with Crippen LogP contribution in [0.3, 0.4) is 0 Å². The van der Waals surface area contributed by atoms with E-state index in [0.717, 1.165) is 12.2 Å². The van der Waals surface area contributed by atoms with Crippen LogP contribution in [0.1, 0.15) is 30.2 Å². The molecule has 1 heterocycles. The van der Waals surface area contributed by atoms with Crippen molar-refractivity contribution in [3.63, 3.8) is 0 Å². The smallest absolute Gasteiger partial charge is 0.269 e. The van der Waals surface area contributed by atoms with Crippen molar-refractivity contribution >= 4 is 17.7 Å². The molecule has 6 heteroatoms. The lowest BCUT2D eigenvalue weighted by Crippen LogP contribution is -2.42. The van der Waals surface area contributed by atoms with E-state index in [0.29, 0.717) is 11.4 Å². The highest BCUT2D eigenvalue weighted by Crippen LogP contribution is 2.09. The third-order valence-electron chi connectivity index (χ3n) is 2.29. The fourth-order valence-electron chi connectivity index (χ4n) is 1.39. The minimum atomic E-state index is -0.886. The quantitative estimate of drug-likeness (QED) is 0.705. The molecule has 0 aliphatic carbocycles. The van der Waals surface area contributed by atoms with E-state index in [-0.39, 0.29) is 12.5 Å². The van der Waals surface area contributed by atoms with Gasteiger partial charge in [-0.1, -0.05) is 6.92 Å². The summed E-state index contributed by atoms with van der Waals surface area (Å²) in [5.41, 5.74) is -0.454. The van der Waals surface area contributed by atoms with E-state index in [1.165, 1.54) is 6.20 Å². The van der Waals surface area contributed by atoms with Crippen molar-refractivity contribution in [1.29, 1.82) is 0 Å². The van der Waals surface area contributed by atoms with E-state index in [4.69, 9.17) is 0 Å². The summed E-state index contributed by atoms with van der Waals surface area (Å²) >= 11 is 1.54. The van der Waals surface area contributed by atoms with Gasteiger partial charge in [-0.25, -0.2) is 4.98 Å². The van der Waals surface area contributed by atoms with Crippen LogP contribution >= 0.6 is 11.8 Å². The predicted octanol–water partition coefficient (Wildman–Crippen LogP) is 0.816. The molecule has 17 heavy (non-hydrogen) atoms. The Morgan fingerprint density at radius 1 is 1.71 bits per heavy atom. The fraction of sp³-hybridized carbons (Fsp3) is 0.636. The van der Waals surface area contributed by atoms with Crippen molar-refractivity contribution < 1.29 is 9.90 Å². The number of aromatic nitrogens is 2. The first-order chi connectivity index (χ1) is 7.98. The van der Waals surface area contributed by atoms with Crippen LogP contribution in [0.4, 0.5) is 0 Å². The van der Waals surface area contributed by atoms with Gasteiger partial charge >= 0.3 is 0 Å². The Hall–Kier alpha value is -1.01. The van der Waals surface area contributed by atoms with Gasteiger partial charge in [-0.3, -0.25) is 4.79 Å². The minimum absolute atomic E-state index is 0.229. The molecule has 0 aromatic carbocycles. The van der Waals surface area contributed by atoms with Crippen molar-refractivity contribution in [2.75, 3.05) is 18.6 Å². The number of nitrogens with zero attached hydrogens (tertiary/aromatic N) is 1. The number of imidazole rings is 1. The Labute approximate surface area is 105 Å². The van der Waals surface area contributed by atoms with Gasteiger partial charge in [0.2, 0.25) is 0 Å². The van der Waals surface area contributed by atoms with Gasteiger partial charge in [0.1, 0.15) is 11.5 Å². The highest BCUT2D eigenvalue weighted by molar-refractivity contribution is 7.98. The van der Waals surface area contributed by atoms with Crippen LogP contribution in [0.25, 0.3) is 0 Å². The maximum absolute atomic E-state index is 11.7. The number of hydrogen-bond acceptors (Lipinski definition) is 4. The van der Waals surface area contributed by atoms with Gasteiger partial charge in [0.25, 0.3) is 5.91 Å². The summed E-state index contributed by atoms with van der Waals surface area (Å²) in [7, 11) is 0. The van der Waals surface area contributed by atoms with Crippen molar-refractivity contribution in [1.82, 2.24) is 15.3 Å². The van der Waals surface area contributed by atoms with Crippen molar-refractivity contribution in [3.05, 3.63) is 17.7 Å². The molecule has 1 amide bonds. The topological polar surface area (TPSA) is 78.0 Å². The number of aliphatic hydroxyl groups is 1. The third-order valence-corrected chi connectivity index (χ3v) is 3.20. The van der Waals surface area contributed by atoms with E-state index in [9.17, 15) is 9.90 Å². The monoisotopic (exact) mass is 257 g/mol. The number of aryl methyl sites for hydroxylation is 1. The summed E-state index contributed by atoms with van der Waals surface area (Å²) in [4.78, 5) is 18.7. The van der Waals surface area contributed by atoms with Crippen LogP contribution in [-0.2, 0) is 6.42 Å². The van der Waals surface area contributed by atoms with Crippen molar-refractivity contribution in [2.45, 2.75) is 25.9 Å². The van der Waals surface area contributed by atoms with Gasteiger partial charge < -0.3 is 15.4 Å². The molecule has 1 atom stereocenters. The number of nitrogens with one attached hydrogen (secondary N) is 2. The molecule has 0 aliphatic rings. The van der Waals surface area contributed by atoms with Crippen molar-refractivity contribution in [3.8, 4) is 0 Å². The largest absolute Gasteiger partial charge is 0.387 e. The number of aromatic amines is 1. The SMILES string of the molecule is CCc1ncc(C(=O)NCC(C)(O)CSC)[nH]1. The number of thioether (sulfide) groups is 1. The molecule has 1 rings (SSSR count). The van der Waals surface area contributed by atoms with Crippen LogP contribution in [0.2, 0.25) is 0 Å². The summed E-state index contributed by atoms with van der Waals surface area (Å²) in [5, 5.41) is 12.6. The Bertz CT molecular complexity index is 377. The normalized spacial score (nSPS) is 14.4. The maximum Gasteiger partial charge on any atom is 0.269 e. The molecule has 0 spiro atoms. The summed E-state index contributed by atoms with van der Waals surface area (Å²) in [6.45, 7) is 3.89. The lowest BCUT2D eigenvalue weighted by Gasteiger charge is -2.22. The molecular formula is C11H19N3O2S. The van der Waals surface area contributed by atoms with E-state index >= 15 is 0 Å². The summed E-state index contributed by atoms with van der Waals surface area (Å²) < 4.78 is 0. The summed E-state index contributed by atoms with van der Waals surface area (Å²) in [5.74, 6) is 1.13. The van der Waals surface area contributed by atoms with Gasteiger partial charge in [-0.05, 0) is 13.2 Å². The highest BCUT2D eigenvalue weighted by atomic mass is 32.2. The predicted molar refractivity (Wildman–Crippen MR) is 69.3 cm³/mol. The van der Waals surface area contributed by atoms with Crippen LogP contribution < -0.4 is 5.32 Å². The summed E-state index contributed by atoms with van der Waals surface area (Å²) in [6.07, 6.45) is 4.19. The number of hydrogen-bond donors (Lipinski definition) is 3. The van der Waals surface area contributed by atoms with Crippen LogP contribution in [0, 0.1) is 0 Å². The van der Waals surface area contributed by atoms with Gasteiger partial charge in [0.05, 0.1) is 11.8 Å². The number of carbonyl (C=O) groups excluding carboxylic acids is 1. The molecule has 1 unspecified atom stereocenters. The van der Waals surface area contributed by atoms with E-state index in [2.05, 4.69) is 15.3 Å². The zero-order valence-corrected chi connectivity index (χ0v) is 11.2. The van der Waals surface area contributed by atoms with Gasteiger partial charge in [0.15, 0.2) is 0 Å². The number of rotatable bonds is 6. The molecule has 1 aromatic heterocycles. The molecule has 5 nitrogen and oxygen atoms in total. The molecule has 0 saturated heterocycles. The molecule has 0 fully saturated rings. The average molecular weight is 257 g/mol. The Balaban J connectivity index is 2.49. The van der Waals surface area contributed by atoms with Crippen LogP contribution in [-0.4, -0.2) is 45.1 Å². The highest BCUT2D eigenvalue weighted by Gasteiger charge is 2.21. The first-order valence-corrected chi connectivity index (χ1v) is 6.91. The number of amides is 1. The average Bonchev–Trinajstić information content (AvgIpc) is 2.74. The van der Waals surface area contributed by atoms with E-state index in [1.54, 1.807) is 18.7 Å². The summed E-state index contributed by atoms with van der Waals surface area (Å²) in [6, 6.07) is 0. The first kappa shape index (κ1) is 14.1.